The maximum atomic E-state index is 10.4. The fourth-order valence-electron chi connectivity index (χ4n) is 1.72. The van der Waals surface area contributed by atoms with Crippen molar-refractivity contribution in [3.63, 3.8) is 0 Å². The van der Waals surface area contributed by atoms with Crippen LogP contribution in [-0.4, -0.2) is 31.7 Å². The second-order valence-corrected chi connectivity index (χ2v) is 3.54. The number of ether oxygens (including phenoxy) is 1. The number of nitrogens with two attached hydrogens (primary N) is 1. The Morgan fingerprint density at radius 2 is 2.08 bits per heavy atom. The molecule has 0 heterocycles. The van der Waals surface area contributed by atoms with E-state index in [0.29, 0.717) is 6.04 Å². The van der Waals surface area contributed by atoms with Crippen LogP contribution in [0, 0.1) is 0 Å². The number of hydrogen-bond donors (Lipinski definition) is 2. The van der Waals surface area contributed by atoms with Crippen LogP contribution in [0.4, 0.5) is 0 Å². The van der Waals surface area contributed by atoms with Crippen molar-refractivity contribution >= 4 is 5.91 Å². The number of hydrogen-bond acceptors (Lipinski definition) is 3. The van der Waals surface area contributed by atoms with E-state index in [1.54, 1.807) is 0 Å². The monoisotopic (exact) mass is 186 g/mol. The van der Waals surface area contributed by atoms with Crippen molar-refractivity contribution in [3.8, 4) is 0 Å². The first-order valence-corrected chi connectivity index (χ1v) is 4.79. The van der Waals surface area contributed by atoms with Gasteiger partial charge in [0.15, 0.2) is 0 Å². The maximum Gasteiger partial charge on any atom is 0.243 e. The van der Waals surface area contributed by atoms with Crippen LogP contribution in [0.25, 0.3) is 0 Å². The van der Waals surface area contributed by atoms with Gasteiger partial charge in [-0.3, -0.25) is 4.79 Å². The average Bonchev–Trinajstić information content (AvgIpc) is 2.15. The van der Waals surface area contributed by atoms with Gasteiger partial charge in [-0.25, -0.2) is 0 Å². The second-order valence-electron chi connectivity index (χ2n) is 3.54. The lowest BCUT2D eigenvalue weighted by Crippen LogP contribution is -2.34. The predicted octanol–water partition coefficient (Wildman–Crippen LogP) is 0.0189. The van der Waals surface area contributed by atoms with E-state index in [1.807, 2.05) is 7.05 Å². The van der Waals surface area contributed by atoms with E-state index in [-0.39, 0.29) is 18.6 Å². The van der Waals surface area contributed by atoms with E-state index in [2.05, 4.69) is 5.32 Å². The van der Waals surface area contributed by atoms with Crippen LogP contribution in [0.3, 0.4) is 0 Å². The highest BCUT2D eigenvalue weighted by molar-refractivity contribution is 5.74. The zero-order valence-electron chi connectivity index (χ0n) is 8.08. The third-order valence-corrected chi connectivity index (χ3v) is 2.54. The zero-order chi connectivity index (χ0) is 9.68. The quantitative estimate of drug-likeness (QED) is 0.650. The van der Waals surface area contributed by atoms with Gasteiger partial charge >= 0.3 is 0 Å². The number of amides is 1. The SMILES string of the molecule is CNC1CCC(OCC(N)=O)CC1. The van der Waals surface area contributed by atoms with Crippen LogP contribution in [0.5, 0.6) is 0 Å². The molecule has 0 unspecified atom stereocenters. The van der Waals surface area contributed by atoms with Crippen molar-refractivity contribution in [2.24, 2.45) is 5.73 Å². The molecule has 0 spiro atoms. The van der Waals surface area contributed by atoms with Crippen molar-refractivity contribution in [2.75, 3.05) is 13.7 Å². The van der Waals surface area contributed by atoms with Gasteiger partial charge in [-0.15, -0.1) is 0 Å². The summed E-state index contributed by atoms with van der Waals surface area (Å²) >= 11 is 0. The molecule has 1 fully saturated rings. The first-order chi connectivity index (χ1) is 6.22. The molecule has 1 aliphatic carbocycles. The van der Waals surface area contributed by atoms with Crippen molar-refractivity contribution in [3.05, 3.63) is 0 Å². The van der Waals surface area contributed by atoms with Gasteiger partial charge in [0.05, 0.1) is 6.10 Å². The van der Waals surface area contributed by atoms with E-state index in [1.165, 1.54) is 0 Å². The molecular weight excluding hydrogens is 168 g/mol. The summed E-state index contributed by atoms with van der Waals surface area (Å²) in [7, 11) is 1.98. The fraction of sp³-hybridized carbons (Fsp3) is 0.889. The molecule has 1 saturated carbocycles. The first-order valence-electron chi connectivity index (χ1n) is 4.79. The van der Waals surface area contributed by atoms with E-state index in [0.717, 1.165) is 25.7 Å². The van der Waals surface area contributed by atoms with Crippen LogP contribution >= 0.6 is 0 Å². The highest BCUT2D eigenvalue weighted by Gasteiger charge is 2.20. The lowest BCUT2D eigenvalue weighted by Gasteiger charge is -2.27. The largest absolute Gasteiger partial charge is 0.368 e. The highest BCUT2D eigenvalue weighted by Crippen LogP contribution is 2.20. The molecule has 0 saturated heterocycles. The lowest BCUT2D eigenvalue weighted by molar-refractivity contribution is -0.125. The molecule has 1 rings (SSSR count). The summed E-state index contributed by atoms with van der Waals surface area (Å²) in [5.74, 6) is -0.379. The minimum Gasteiger partial charge on any atom is -0.368 e. The molecule has 1 amide bonds. The molecule has 0 radical (unpaired) electrons. The summed E-state index contributed by atoms with van der Waals surface area (Å²) in [5.41, 5.74) is 4.99. The Morgan fingerprint density at radius 1 is 1.46 bits per heavy atom. The van der Waals surface area contributed by atoms with Gasteiger partial charge in [-0.05, 0) is 32.7 Å². The highest BCUT2D eigenvalue weighted by atomic mass is 16.5. The minimum atomic E-state index is -0.379. The molecule has 4 heteroatoms. The Morgan fingerprint density at radius 3 is 2.54 bits per heavy atom. The van der Waals surface area contributed by atoms with Crippen molar-refractivity contribution in [1.29, 1.82) is 0 Å². The first kappa shape index (κ1) is 10.5. The summed E-state index contributed by atoms with van der Waals surface area (Å²) < 4.78 is 5.33. The topological polar surface area (TPSA) is 64.3 Å². The van der Waals surface area contributed by atoms with Crippen LogP contribution in [0.15, 0.2) is 0 Å². The molecular formula is C9H18N2O2. The van der Waals surface area contributed by atoms with Gasteiger partial charge in [0.1, 0.15) is 6.61 Å². The van der Waals surface area contributed by atoms with Gasteiger partial charge in [0.2, 0.25) is 5.91 Å². The summed E-state index contributed by atoms with van der Waals surface area (Å²) in [6.07, 6.45) is 4.54. The molecule has 13 heavy (non-hydrogen) atoms. The molecule has 0 aromatic carbocycles. The van der Waals surface area contributed by atoms with E-state index in [4.69, 9.17) is 10.5 Å². The Bertz CT molecular complexity index is 165. The number of carbonyl (C=O) groups excluding carboxylic acids is 1. The smallest absolute Gasteiger partial charge is 0.243 e. The molecule has 4 nitrogen and oxygen atoms in total. The van der Waals surface area contributed by atoms with Gasteiger partial charge in [0, 0.05) is 6.04 Å². The third-order valence-electron chi connectivity index (χ3n) is 2.54. The van der Waals surface area contributed by atoms with Gasteiger partial charge in [-0.1, -0.05) is 0 Å². The molecule has 0 bridgehead atoms. The van der Waals surface area contributed by atoms with Gasteiger partial charge < -0.3 is 15.8 Å². The van der Waals surface area contributed by atoms with E-state index in [9.17, 15) is 4.79 Å². The Hall–Kier alpha value is -0.610. The Labute approximate surface area is 78.8 Å². The molecule has 76 valence electrons. The molecule has 0 aliphatic heterocycles. The number of primary amides is 1. The molecule has 0 aromatic rings. The molecule has 1 aliphatic rings. The number of carbonyl (C=O) groups is 1. The zero-order valence-corrected chi connectivity index (χ0v) is 8.08. The van der Waals surface area contributed by atoms with Crippen LogP contribution in [0.1, 0.15) is 25.7 Å². The summed E-state index contributed by atoms with van der Waals surface area (Å²) in [6.45, 7) is 0.0644. The Balaban J connectivity index is 2.14. The fourth-order valence-corrected chi connectivity index (χ4v) is 1.72. The van der Waals surface area contributed by atoms with Crippen molar-refractivity contribution < 1.29 is 9.53 Å². The summed E-state index contributed by atoms with van der Waals surface area (Å²) in [5, 5.41) is 3.24. The molecule has 3 N–H and O–H groups in total. The van der Waals surface area contributed by atoms with Crippen molar-refractivity contribution in [1.82, 2.24) is 5.32 Å². The van der Waals surface area contributed by atoms with E-state index >= 15 is 0 Å². The van der Waals surface area contributed by atoms with Gasteiger partial charge in [0.25, 0.3) is 0 Å². The van der Waals surface area contributed by atoms with E-state index < -0.39 is 0 Å². The Kier molecular flexibility index (Phi) is 4.18. The summed E-state index contributed by atoms with van der Waals surface area (Å²) in [6, 6.07) is 0.619. The predicted molar refractivity (Wildman–Crippen MR) is 50.3 cm³/mol. The molecule has 0 aromatic heterocycles. The third kappa shape index (κ3) is 3.74. The van der Waals surface area contributed by atoms with Crippen LogP contribution < -0.4 is 11.1 Å². The average molecular weight is 186 g/mol. The van der Waals surface area contributed by atoms with Crippen LogP contribution in [-0.2, 0) is 9.53 Å². The normalized spacial score (nSPS) is 28.7. The summed E-state index contributed by atoms with van der Waals surface area (Å²) in [4.78, 5) is 10.4. The maximum absolute atomic E-state index is 10.4. The van der Waals surface area contributed by atoms with Gasteiger partial charge in [-0.2, -0.15) is 0 Å². The molecule has 0 atom stereocenters. The standard InChI is InChI=1S/C9H18N2O2/c1-11-7-2-4-8(5-3-7)13-6-9(10)12/h7-8,11H,2-6H2,1H3,(H2,10,12). The minimum absolute atomic E-state index is 0.0644. The van der Waals surface area contributed by atoms with Crippen LogP contribution in [0.2, 0.25) is 0 Å². The second kappa shape index (κ2) is 5.19. The number of rotatable bonds is 4. The lowest BCUT2D eigenvalue weighted by atomic mass is 9.93. The van der Waals surface area contributed by atoms with Crippen molar-refractivity contribution in [2.45, 2.75) is 37.8 Å². The number of nitrogens with one attached hydrogen (secondary N) is 1.